The van der Waals surface area contributed by atoms with E-state index in [1.165, 1.54) is 29.7 Å². The summed E-state index contributed by atoms with van der Waals surface area (Å²) in [5, 5.41) is 3.79. The van der Waals surface area contributed by atoms with Crippen LogP contribution in [0.1, 0.15) is 36.1 Å². The number of rotatable bonds is 4. The van der Waals surface area contributed by atoms with E-state index in [9.17, 15) is 4.79 Å². The SMILES string of the molecule is O=C(Nc1ncc(Cc2ccccc2)s1)[C@@H]1C[C@H]2CC[C@H]1C2. The summed E-state index contributed by atoms with van der Waals surface area (Å²) >= 11 is 1.59. The number of nitrogens with one attached hydrogen (secondary N) is 1. The lowest BCUT2D eigenvalue weighted by Gasteiger charge is -2.19. The monoisotopic (exact) mass is 312 g/mol. The first-order chi connectivity index (χ1) is 10.8. The molecule has 3 nitrogen and oxygen atoms in total. The first kappa shape index (κ1) is 13.9. The van der Waals surface area contributed by atoms with Crippen molar-refractivity contribution in [1.82, 2.24) is 4.98 Å². The molecule has 1 amide bonds. The van der Waals surface area contributed by atoms with E-state index in [4.69, 9.17) is 0 Å². The van der Waals surface area contributed by atoms with Crippen molar-refractivity contribution in [1.29, 1.82) is 0 Å². The van der Waals surface area contributed by atoms with Gasteiger partial charge in [-0.3, -0.25) is 4.79 Å². The molecule has 2 fully saturated rings. The van der Waals surface area contributed by atoms with Gasteiger partial charge in [0, 0.05) is 23.4 Å². The number of aromatic nitrogens is 1. The molecule has 22 heavy (non-hydrogen) atoms. The van der Waals surface area contributed by atoms with Crippen LogP contribution in [0.5, 0.6) is 0 Å². The zero-order valence-electron chi connectivity index (χ0n) is 12.5. The van der Waals surface area contributed by atoms with Gasteiger partial charge in [-0.2, -0.15) is 0 Å². The zero-order chi connectivity index (χ0) is 14.9. The molecule has 0 radical (unpaired) electrons. The highest BCUT2D eigenvalue weighted by Crippen LogP contribution is 2.48. The van der Waals surface area contributed by atoms with Crippen LogP contribution in [0.25, 0.3) is 0 Å². The molecule has 0 unspecified atom stereocenters. The molecule has 2 aliphatic carbocycles. The molecule has 2 aliphatic rings. The fraction of sp³-hybridized carbons (Fsp3) is 0.444. The molecule has 0 spiro atoms. The van der Waals surface area contributed by atoms with E-state index in [1.54, 1.807) is 11.3 Å². The Balaban J connectivity index is 1.38. The largest absolute Gasteiger partial charge is 0.302 e. The number of fused-ring (bicyclic) bond motifs is 2. The third kappa shape index (κ3) is 2.80. The van der Waals surface area contributed by atoms with Crippen molar-refractivity contribution in [3.05, 3.63) is 47.0 Å². The summed E-state index contributed by atoms with van der Waals surface area (Å²) < 4.78 is 0. The van der Waals surface area contributed by atoms with Crippen LogP contribution >= 0.6 is 11.3 Å². The maximum absolute atomic E-state index is 12.4. The van der Waals surface area contributed by atoms with E-state index >= 15 is 0 Å². The number of anilines is 1. The van der Waals surface area contributed by atoms with Gasteiger partial charge in [0.2, 0.25) is 5.91 Å². The molecule has 2 bridgehead atoms. The van der Waals surface area contributed by atoms with Crippen molar-refractivity contribution < 1.29 is 4.79 Å². The predicted molar refractivity (Wildman–Crippen MR) is 88.9 cm³/mol. The first-order valence-corrected chi connectivity index (χ1v) is 8.89. The molecule has 4 rings (SSSR count). The molecular formula is C18H20N2OS. The summed E-state index contributed by atoms with van der Waals surface area (Å²) in [5.74, 6) is 1.83. The minimum Gasteiger partial charge on any atom is -0.302 e. The fourth-order valence-electron chi connectivity index (χ4n) is 4.01. The minimum absolute atomic E-state index is 0.188. The van der Waals surface area contributed by atoms with Crippen LogP contribution in [0.3, 0.4) is 0 Å². The van der Waals surface area contributed by atoms with Gasteiger partial charge in [-0.05, 0) is 36.7 Å². The van der Waals surface area contributed by atoms with E-state index in [2.05, 4.69) is 22.4 Å². The summed E-state index contributed by atoms with van der Waals surface area (Å²) in [6, 6.07) is 10.4. The molecule has 0 aliphatic heterocycles. The normalized spacial score (nSPS) is 26.3. The molecule has 0 saturated heterocycles. The van der Waals surface area contributed by atoms with Gasteiger partial charge in [-0.25, -0.2) is 4.98 Å². The molecule has 1 heterocycles. The van der Waals surface area contributed by atoms with Crippen molar-refractivity contribution in [2.75, 3.05) is 5.32 Å². The standard InChI is InChI=1S/C18H20N2OS/c21-17(16-10-13-6-7-14(16)8-13)20-18-19-11-15(22-18)9-12-4-2-1-3-5-12/h1-5,11,13-14,16H,6-10H2,(H,19,20,21)/t13-,14-,16+/m0/s1. The second-order valence-electron chi connectivity index (χ2n) is 6.56. The lowest BCUT2D eigenvalue weighted by molar-refractivity contribution is -0.121. The van der Waals surface area contributed by atoms with Crippen molar-refractivity contribution >= 4 is 22.4 Å². The van der Waals surface area contributed by atoms with Gasteiger partial charge in [-0.15, -0.1) is 11.3 Å². The van der Waals surface area contributed by atoms with Crippen molar-refractivity contribution in [2.45, 2.75) is 32.1 Å². The topological polar surface area (TPSA) is 42.0 Å². The van der Waals surface area contributed by atoms with Crippen LogP contribution in [0, 0.1) is 17.8 Å². The number of carbonyl (C=O) groups excluding carboxylic acids is 1. The van der Waals surface area contributed by atoms with Crippen LogP contribution in [0.15, 0.2) is 36.5 Å². The number of thiazole rings is 1. The maximum Gasteiger partial charge on any atom is 0.229 e. The molecule has 2 aromatic rings. The summed E-state index contributed by atoms with van der Waals surface area (Å²) in [4.78, 5) is 18.0. The lowest BCUT2D eigenvalue weighted by atomic mass is 9.88. The van der Waals surface area contributed by atoms with E-state index in [1.807, 2.05) is 24.4 Å². The average Bonchev–Trinajstić information content (AvgIpc) is 3.25. The number of hydrogen-bond acceptors (Lipinski definition) is 3. The smallest absolute Gasteiger partial charge is 0.229 e. The van der Waals surface area contributed by atoms with Crippen LogP contribution in [0.2, 0.25) is 0 Å². The molecule has 1 aromatic carbocycles. The van der Waals surface area contributed by atoms with Gasteiger partial charge < -0.3 is 5.32 Å². The van der Waals surface area contributed by atoms with Gasteiger partial charge >= 0.3 is 0 Å². The van der Waals surface area contributed by atoms with Crippen molar-refractivity contribution in [3.8, 4) is 0 Å². The van der Waals surface area contributed by atoms with Gasteiger partial charge in [0.15, 0.2) is 5.13 Å². The summed E-state index contributed by atoms with van der Waals surface area (Å²) in [6.45, 7) is 0. The highest BCUT2D eigenvalue weighted by atomic mass is 32.1. The quantitative estimate of drug-likeness (QED) is 0.923. The third-order valence-electron chi connectivity index (χ3n) is 5.08. The second kappa shape index (κ2) is 5.84. The Labute approximate surface area is 134 Å². The van der Waals surface area contributed by atoms with E-state index in [-0.39, 0.29) is 11.8 Å². The van der Waals surface area contributed by atoms with Crippen LogP contribution in [0.4, 0.5) is 5.13 Å². The van der Waals surface area contributed by atoms with Crippen molar-refractivity contribution in [3.63, 3.8) is 0 Å². The second-order valence-corrected chi connectivity index (χ2v) is 7.68. The lowest BCUT2D eigenvalue weighted by Crippen LogP contribution is -2.27. The van der Waals surface area contributed by atoms with E-state index < -0.39 is 0 Å². The molecular weight excluding hydrogens is 292 g/mol. The highest BCUT2D eigenvalue weighted by Gasteiger charge is 2.43. The van der Waals surface area contributed by atoms with Crippen molar-refractivity contribution in [2.24, 2.45) is 17.8 Å². The van der Waals surface area contributed by atoms with E-state index in [0.29, 0.717) is 5.92 Å². The minimum atomic E-state index is 0.188. The number of carbonyl (C=O) groups is 1. The van der Waals surface area contributed by atoms with Crippen LogP contribution in [-0.2, 0) is 11.2 Å². The Morgan fingerprint density at radius 3 is 2.82 bits per heavy atom. The molecule has 114 valence electrons. The Morgan fingerprint density at radius 1 is 1.23 bits per heavy atom. The van der Waals surface area contributed by atoms with Crippen LogP contribution < -0.4 is 5.32 Å². The number of nitrogens with zero attached hydrogens (tertiary/aromatic N) is 1. The van der Waals surface area contributed by atoms with E-state index in [0.717, 1.165) is 23.9 Å². The van der Waals surface area contributed by atoms with Gasteiger partial charge in [-0.1, -0.05) is 36.8 Å². The fourth-order valence-corrected chi connectivity index (χ4v) is 4.86. The Morgan fingerprint density at radius 2 is 2.09 bits per heavy atom. The van der Waals surface area contributed by atoms with Gasteiger partial charge in [0.05, 0.1) is 0 Å². The third-order valence-corrected chi connectivity index (χ3v) is 5.99. The highest BCUT2D eigenvalue weighted by molar-refractivity contribution is 7.15. The maximum atomic E-state index is 12.4. The predicted octanol–water partition coefficient (Wildman–Crippen LogP) is 4.11. The Bertz CT molecular complexity index is 667. The first-order valence-electron chi connectivity index (χ1n) is 8.07. The number of benzene rings is 1. The number of hydrogen-bond donors (Lipinski definition) is 1. The number of amides is 1. The Hall–Kier alpha value is -1.68. The average molecular weight is 312 g/mol. The zero-order valence-corrected chi connectivity index (χ0v) is 13.3. The molecule has 3 atom stereocenters. The van der Waals surface area contributed by atoms with Gasteiger partial charge in [0.1, 0.15) is 0 Å². The summed E-state index contributed by atoms with van der Waals surface area (Å²) in [5.41, 5.74) is 1.28. The Kier molecular flexibility index (Phi) is 3.70. The summed E-state index contributed by atoms with van der Waals surface area (Å²) in [7, 11) is 0. The van der Waals surface area contributed by atoms with Gasteiger partial charge in [0.25, 0.3) is 0 Å². The summed E-state index contributed by atoms with van der Waals surface area (Å²) in [6.07, 6.45) is 7.66. The molecule has 4 heteroatoms. The molecule has 1 aromatic heterocycles. The van der Waals surface area contributed by atoms with Crippen LogP contribution in [-0.4, -0.2) is 10.9 Å². The molecule has 2 saturated carbocycles. The molecule has 1 N–H and O–H groups in total.